The molecule has 0 saturated carbocycles. The van der Waals surface area contributed by atoms with Crippen molar-refractivity contribution in [2.24, 2.45) is 0 Å². The number of carboxylic acids is 3. The van der Waals surface area contributed by atoms with E-state index in [2.05, 4.69) is 0 Å². The number of carbonyl (C=O) groups excluding carboxylic acids is 3. The van der Waals surface area contributed by atoms with Gasteiger partial charge in [-0.2, -0.15) is 0 Å². The minimum atomic E-state index is -1.79. The molecule has 0 bridgehead atoms. The van der Waals surface area contributed by atoms with Gasteiger partial charge in [-0.25, -0.2) is 0 Å². The Hall–Kier alpha value is 2.02. The Morgan fingerprint density at radius 2 is 1.23 bits per heavy atom. The summed E-state index contributed by atoms with van der Waals surface area (Å²) in [5.74, 6) is -5.13. The average molecular weight is 374 g/mol. The molecule has 2 aromatic rings. The van der Waals surface area contributed by atoms with Crippen LogP contribution < -0.4 is 169 Å². The van der Waals surface area contributed by atoms with E-state index in [1.165, 1.54) is 18.2 Å². The van der Waals surface area contributed by atoms with Crippen LogP contribution in [0.2, 0.25) is 0 Å². The van der Waals surface area contributed by atoms with E-state index < -0.39 is 34.6 Å². The summed E-state index contributed by atoms with van der Waals surface area (Å²) in [4.78, 5) is 33.0. The molecule has 0 aliphatic carbocycles. The SMILES string of the molecule is O=C([O-])c1ccc2cccc(C(=O)[O-])c2c1C(=O)[O-].[K+].[K+].[K+]. The van der Waals surface area contributed by atoms with Crippen LogP contribution in [0.4, 0.5) is 0 Å². The molecule has 0 radical (unpaired) electrons. The maximum Gasteiger partial charge on any atom is 1.00 e. The molecule has 2 aromatic carbocycles. The van der Waals surface area contributed by atoms with Crippen molar-refractivity contribution in [1.82, 2.24) is 0 Å². The fourth-order valence-corrected chi connectivity index (χ4v) is 1.93. The van der Waals surface area contributed by atoms with E-state index in [0.717, 1.165) is 12.1 Å². The van der Waals surface area contributed by atoms with E-state index in [1.54, 1.807) is 0 Å². The molecule has 0 atom stereocenters. The average Bonchev–Trinajstić information content (AvgIpc) is 2.35. The number of hydrogen-bond acceptors (Lipinski definition) is 6. The van der Waals surface area contributed by atoms with Crippen LogP contribution in [0.1, 0.15) is 31.1 Å². The number of rotatable bonds is 3. The number of hydrogen-bond donors (Lipinski definition) is 0. The van der Waals surface area contributed by atoms with Crippen LogP contribution in [0.15, 0.2) is 30.3 Å². The van der Waals surface area contributed by atoms with Crippen LogP contribution in [0.3, 0.4) is 0 Å². The van der Waals surface area contributed by atoms with Crippen molar-refractivity contribution in [2.45, 2.75) is 0 Å². The van der Waals surface area contributed by atoms with Crippen molar-refractivity contribution < 1.29 is 184 Å². The van der Waals surface area contributed by atoms with Crippen LogP contribution in [-0.2, 0) is 0 Å². The zero-order valence-corrected chi connectivity index (χ0v) is 21.7. The van der Waals surface area contributed by atoms with Crippen molar-refractivity contribution in [1.29, 1.82) is 0 Å². The van der Waals surface area contributed by atoms with E-state index in [1.807, 2.05) is 0 Å². The zero-order valence-electron chi connectivity index (χ0n) is 12.3. The summed E-state index contributed by atoms with van der Waals surface area (Å²) >= 11 is 0. The molecule has 0 heterocycles. The molecule has 0 aliphatic heterocycles. The monoisotopic (exact) mass is 374 g/mol. The van der Waals surface area contributed by atoms with Crippen LogP contribution in [0.5, 0.6) is 0 Å². The predicted molar refractivity (Wildman–Crippen MR) is 56.9 cm³/mol. The Morgan fingerprint density at radius 3 is 1.68 bits per heavy atom. The number of carbonyl (C=O) groups is 3. The fourth-order valence-electron chi connectivity index (χ4n) is 1.93. The molecule has 0 N–H and O–H groups in total. The van der Waals surface area contributed by atoms with E-state index in [0.29, 0.717) is 0 Å². The summed E-state index contributed by atoms with van der Waals surface area (Å²) in [6.07, 6.45) is 0. The summed E-state index contributed by atoms with van der Waals surface area (Å²) in [5.41, 5.74) is -1.78. The van der Waals surface area contributed by atoms with Crippen LogP contribution in [0.25, 0.3) is 10.8 Å². The third kappa shape index (κ3) is 5.78. The Bertz CT molecular complexity index is 729. The summed E-state index contributed by atoms with van der Waals surface area (Å²) in [6.45, 7) is 0. The van der Waals surface area contributed by atoms with E-state index >= 15 is 0 Å². The topological polar surface area (TPSA) is 120 Å². The molecule has 0 saturated heterocycles. The van der Waals surface area contributed by atoms with Gasteiger partial charge in [0.25, 0.3) is 0 Å². The smallest absolute Gasteiger partial charge is 0.545 e. The van der Waals surface area contributed by atoms with E-state index in [-0.39, 0.29) is 165 Å². The molecule has 9 heteroatoms. The normalized spacial score (nSPS) is 8.91. The third-order valence-corrected chi connectivity index (χ3v) is 2.69. The summed E-state index contributed by atoms with van der Waals surface area (Å²) in [7, 11) is 0. The first-order valence-corrected chi connectivity index (χ1v) is 5.13. The van der Waals surface area contributed by atoms with Gasteiger partial charge in [-0.15, -0.1) is 0 Å². The van der Waals surface area contributed by atoms with Gasteiger partial charge in [-0.05, 0) is 5.39 Å². The maximum absolute atomic E-state index is 11.1. The summed E-state index contributed by atoms with van der Waals surface area (Å²) in [6, 6.07) is 6.29. The van der Waals surface area contributed by atoms with E-state index in [9.17, 15) is 29.7 Å². The summed E-state index contributed by atoms with van der Waals surface area (Å²) < 4.78 is 0. The van der Waals surface area contributed by atoms with Crippen LogP contribution >= 0.6 is 0 Å². The maximum atomic E-state index is 11.1. The predicted octanol–water partition coefficient (Wildman–Crippen LogP) is -11.1. The number of carboxylic acid groups (broad SMARTS) is 3. The van der Waals surface area contributed by atoms with Crippen LogP contribution in [0, 0.1) is 0 Å². The van der Waals surface area contributed by atoms with Crippen molar-refractivity contribution >= 4 is 28.7 Å². The molecule has 96 valence electrons. The number of benzene rings is 2. The Morgan fingerprint density at radius 1 is 0.682 bits per heavy atom. The standard InChI is InChI=1S/C13H8O6.3K/c14-11(15)7-3-1-2-6-4-5-8(12(16)17)10(9(6)7)13(18)19;;;/h1-5H,(H,14,15)(H,16,17)(H,18,19);;;/q;3*+1/p-3. The minimum Gasteiger partial charge on any atom is -0.545 e. The molecule has 0 unspecified atom stereocenters. The number of aromatic carboxylic acids is 3. The second-order valence-corrected chi connectivity index (χ2v) is 3.75. The molecule has 2 rings (SSSR count). The van der Waals surface area contributed by atoms with Gasteiger partial charge in [0, 0.05) is 22.1 Å². The van der Waals surface area contributed by atoms with Gasteiger partial charge >= 0.3 is 154 Å². The van der Waals surface area contributed by atoms with Gasteiger partial charge in [0.1, 0.15) is 0 Å². The Kier molecular flexibility index (Phi) is 13.8. The van der Waals surface area contributed by atoms with Crippen LogP contribution in [-0.4, -0.2) is 17.9 Å². The first-order valence-electron chi connectivity index (χ1n) is 5.13. The van der Waals surface area contributed by atoms with Gasteiger partial charge in [0.15, 0.2) is 0 Å². The van der Waals surface area contributed by atoms with Crippen molar-refractivity contribution in [2.75, 3.05) is 0 Å². The molecule has 6 nitrogen and oxygen atoms in total. The molecular formula is C13H5K3O6. The zero-order chi connectivity index (χ0) is 14.2. The molecular weight excluding hydrogens is 369 g/mol. The Balaban J connectivity index is 0. The number of fused-ring (bicyclic) bond motifs is 1. The van der Waals surface area contributed by atoms with E-state index in [4.69, 9.17) is 0 Å². The minimum absolute atomic E-state index is 0. The second kappa shape index (κ2) is 11.6. The van der Waals surface area contributed by atoms with Gasteiger partial charge in [0.05, 0.1) is 17.9 Å². The molecule has 0 amide bonds. The second-order valence-electron chi connectivity index (χ2n) is 3.75. The van der Waals surface area contributed by atoms with Crippen molar-refractivity contribution in [3.63, 3.8) is 0 Å². The first-order chi connectivity index (χ1) is 8.93. The molecule has 0 aliphatic rings. The molecule has 22 heavy (non-hydrogen) atoms. The van der Waals surface area contributed by atoms with Gasteiger partial charge in [-0.3, -0.25) is 0 Å². The fraction of sp³-hybridized carbons (Fsp3) is 0. The third-order valence-electron chi connectivity index (χ3n) is 2.69. The quantitative estimate of drug-likeness (QED) is 0.492. The van der Waals surface area contributed by atoms with Gasteiger partial charge < -0.3 is 29.7 Å². The largest absolute Gasteiger partial charge is 1.00 e. The molecule has 0 aromatic heterocycles. The summed E-state index contributed by atoms with van der Waals surface area (Å²) in [5, 5.41) is 33.0. The van der Waals surface area contributed by atoms with Gasteiger partial charge in [0.2, 0.25) is 0 Å². The van der Waals surface area contributed by atoms with Crippen molar-refractivity contribution in [3.8, 4) is 0 Å². The molecule has 0 spiro atoms. The molecule has 0 fully saturated rings. The van der Waals surface area contributed by atoms with Crippen molar-refractivity contribution in [3.05, 3.63) is 47.0 Å². The first kappa shape index (κ1) is 26.3. The Labute approximate surface area is 253 Å². The van der Waals surface area contributed by atoms with Gasteiger partial charge in [-0.1, -0.05) is 30.3 Å².